The topological polar surface area (TPSA) is 49.0 Å². The third kappa shape index (κ3) is 3.98. The molecule has 0 unspecified atom stereocenters. The first-order chi connectivity index (χ1) is 13.7. The number of para-hydroxylation sites is 1. The van der Waals surface area contributed by atoms with Crippen LogP contribution in [0.4, 0.5) is 5.69 Å². The van der Waals surface area contributed by atoms with E-state index in [0.29, 0.717) is 13.2 Å². The molecule has 0 bridgehead atoms. The van der Waals surface area contributed by atoms with E-state index in [2.05, 4.69) is 36.5 Å². The molecule has 0 saturated carbocycles. The maximum atomic E-state index is 6.14. The Morgan fingerprint density at radius 3 is 2.61 bits per heavy atom. The second-order valence-electron chi connectivity index (χ2n) is 6.64. The van der Waals surface area contributed by atoms with Gasteiger partial charge in [0.05, 0.1) is 7.11 Å². The van der Waals surface area contributed by atoms with Crippen molar-refractivity contribution in [1.29, 1.82) is 0 Å². The van der Waals surface area contributed by atoms with Crippen LogP contribution in [0.1, 0.15) is 16.7 Å². The monoisotopic (exact) mass is 377 g/mol. The molecule has 0 amide bonds. The molecule has 0 aromatic heterocycles. The predicted molar refractivity (Wildman–Crippen MR) is 108 cm³/mol. The van der Waals surface area contributed by atoms with E-state index >= 15 is 0 Å². The maximum absolute atomic E-state index is 6.14. The number of benzene rings is 3. The van der Waals surface area contributed by atoms with Crippen LogP contribution in [0.3, 0.4) is 0 Å². The summed E-state index contributed by atoms with van der Waals surface area (Å²) in [6, 6.07) is 20.1. The molecule has 5 nitrogen and oxygen atoms in total. The summed E-state index contributed by atoms with van der Waals surface area (Å²) in [5.41, 5.74) is 4.32. The van der Waals surface area contributed by atoms with E-state index in [9.17, 15) is 0 Å². The van der Waals surface area contributed by atoms with Gasteiger partial charge in [0.15, 0.2) is 23.0 Å². The number of ether oxygens (including phenoxy) is 4. The lowest BCUT2D eigenvalue weighted by Crippen LogP contribution is -2.05. The van der Waals surface area contributed by atoms with E-state index in [4.69, 9.17) is 18.9 Å². The van der Waals surface area contributed by atoms with Gasteiger partial charge in [0.2, 0.25) is 6.79 Å². The molecule has 1 heterocycles. The number of anilines is 1. The van der Waals surface area contributed by atoms with Crippen molar-refractivity contribution in [3.8, 4) is 23.0 Å². The zero-order valence-electron chi connectivity index (χ0n) is 16.0. The van der Waals surface area contributed by atoms with Crippen molar-refractivity contribution in [3.63, 3.8) is 0 Å². The van der Waals surface area contributed by atoms with Crippen LogP contribution in [0, 0.1) is 6.92 Å². The molecule has 4 rings (SSSR count). The van der Waals surface area contributed by atoms with Gasteiger partial charge in [-0.05, 0) is 30.7 Å². The van der Waals surface area contributed by atoms with Gasteiger partial charge in [-0.25, -0.2) is 0 Å². The van der Waals surface area contributed by atoms with Crippen LogP contribution in [0.15, 0.2) is 60.7 Å². The van der Waals surface area contributed by atoms with Crippen LogP contribution < -0.4 is 24.3 Å². The predicted octanol–water partition coefficient (Wildman–Crippen LogP) is 4.92. The van der Waals surface area contributed by atoms with Gasteiger partial charge in [-0.15, -0.1) is 0 Å². The van der Waals surface area contributed by atoms with Crippen molar-refractivity contribution in [1.82, 2.24) is 0 Å². The van der Waals surface area contributed by atoms with Crippen LogP contribution >= 0.6 is 0 Å². The molecule has 0 fully saturated rings. The standard InChI is InChI=1S/C23H23NO4/c1-16-6-8-17(9-7-16)14-26-23-18(4-3-5-21(23)25-2)13-24-19-10-11-20-22(12-19)28-15-27-20/h3-12,24H,13-15H2,1-2H3. The summed E-state index contributed by atoms with van der Waals surface area (Å²) >= 11 is 0. The summed E-state index contributed by atoms with van der Waals surface area (Å²) in [5.74, 6) is 3.00. The summed E-state index contributed by atoms with van der Waals surface area (Å²) in [6.07, 6.45) is 0. The first-order valence-electron chi connectivity index (χ1n) is 9.20. The van der Waals surface area contributed by atoms with Crippen LogP contribution in [0.5, 0.6) is 23.0 Å². The fourth-order valence-corrected chi connectivity index (χ4v) is 3.07. The first-order valence-corrected chi connectivity index (χ1v) is 9.20. The lowest BCUT2D eigenvalue weighted by atomic mass is 10.1. The van der Waals surface area contributed by atoms with Gasteiger partial charge in [0.25, 0.3) is 0 Å². The fraction of sp³-hybridized carbons (Fsp3) is 0.217. The average Bonchev–Trinajstić information content (AvgIpc) is 3.20. The summed E-state index contributed by atoms with van der Waals surface area (Å²) in [5, 5.41) is 3.42. The highest BCUT2D eigenvalue weighted by Gasteiger charge is 2.14. The average molecular weight is 377 g/mol. The van der Waals surface area contributed by atoms with Gasteiger partial charge >= 0.3 is 0 Å². The number of fused-ring (bicyclic) bond motifs is 1. The number of hydrogen-bond acceptors (Lipinski definition) is 5. The minimum atomic E-state index is 0.270. The van der Waals surface area contributed by atoms with E-state index in [0.717, 1.165) is 39.8 Å². The van der Waals surface area contributed by atoms with Crippen molar-refractivity contribution < 1.29 is 18.9 Å². The smallest absolute Gasteiger partial charge is 0.231 e. The summed E-state index contributed by atoms with van der Waals surface area (Å²) in [4.78, 5) is 0. The minimum Gasteiger partial charge on any atom is -0.493 e. The van der Waals surface area contributed by atoms with Crippen molar-refractivity contribution >= 4 is 5.69 Å². The highest BCUT2D eigenvalue weighted by molar-refractivity contribution is 5.56. The normalized spacial score (nSPS) is 11.9. The van der Waals surface area contributed by atoms with Crippen molar-refractivity contribution in [2.75, 3.05) is 19.2 Å². The zero-order valence-corrected chi connectivity index (χ0v) is 16.0. The van der Waals surface area contributed by atoms with Gasteiger partial charge in [-0.1, -0.05) is 42.0 Å². The Morgan fingerprint density at radius 1 is 0.964 bits per heavy atom. The molecule has 0 radical (unpaired) electrons. The van der Waals surface area contributed by atoms with E-state index < -0.39 is 0 Å². The molecule has 1 aliphatic rings. The van der Waals surface area contributed by atoms with Gasteiger partial charge in [-0.2, -0.15) is 0 Å². The van der Waals surface area contributed by atoms with E-state index in [1.54, 1.807) is 7.11 Å². The van der Waals surface area contributed by atoms with E-state index in [1.165, 1.54) is 5.56 Å². The molecule has 5 heteroatoms. The fourth-order valence-electron chi connectivity index (χ4n) is 3.07. The molecule has 3 aromatic rings. The van der Waals surface area contributed by atoms with Gasteiger partial charge in [0.1, 0.15) is 6.61 Å². The molecule has 0 saturated heterocycles. The highest BCUT2D eigenvalue weighted by Crippen LogP contribution is 2.35. The van der Waals surface area contributed by atoms with Crippen LogP contribution in [-0.4, -0.2) is 13.9 Å². The molecule has 3 aromatic carbocycles. The third-order valence-electron chi connectivity index (χ3n) is 4.64. The van der Waals surface area contributed by atoms with Crippen molar-refractivity contribution in [2.24, 2.45) is 0 Å². The molecular weight excluding hydrogens is 354 g/mol. The van der Waals surface area contributed by atoms with Crippen molar-refractivity contribution in [3.05, 3.63) is 77.4 Å². The molecule has 28 heavy (non-hydrogen) atoms. The lowest BCUT2D eigenvalue weighted by molar-refractivity contribution is 0.174. The Morgan fingerprint density at radius 2 is 1.79 bits per heavy atom. The lowest BCUT2D eigenvalue weighted by Gasteiger charge is -2.16. The van der Waals surface area contributed by atoms with E-state index in [-0.39, 0.29) is 6.79 Å². The van der Waals surface area contributed by atoms with Crippen LogP contribution in [0.2, 0.25) is 0 Å². The summed E-state index contributed by atoms with van der Waals surface area (Å²) in [7, 11) is 1.66. The Hall–Kier alpha value is -3.34. The molecule has 0 spiro atoms. The molecule has 1 aliphatic heterocycles. The molecule has 0 aliphatic carbocycles. The number of methoxy groups -OCH3 is 1. The Kier molecular flexibility index (Phi) is 5.24. The Labute approximate surface area is 164 Å². The third-order valence-corrected chi connectivity index (χ3v) is 4.64. The van der Waals surface area contributed by atoms with Gasteiger partial charge < -0.3 is 24.3 Å². The summed E-state index contributed by atoms with van der Waals surface area (Å²) in [6.45, 7) is 3.42. The number of rotatable bonds is 7. The zero-order chi connectivity index (χ0) is 19.3. The molecule has 144 valence electrons. The second-order valence-corrected chi connectivity index (χ2v) is 6.64. The first kappa shape index (κ1) is 18.0. The largest absolute Gasteiger partial charge is 0.493 e. The highest BCUT2D eigenvalue weighted by atomic mass is 16.7. The second kappa shape index (κ2) is 8.13. The Balaban J connectivity index is 1.49. The number of hydrogen-bond donors (Lipinski definition) is 1. The minimum absolute atomic E-state index is 0.270. The van der Waals surface area contributed by atoms with E-state index in [1.807, 2.05) is 36.4 Å². The van der Waals surface area contributed by atoms with Gasteiger partial charge in [-0.3, -0.25) is 0 Å². The number of nitrogens with one attached hydrogen (secondary N) is 1. The van der Waals surface area contributed by atoms with Crippen molar-refractivity contribution in [2.45, 2.75) is 20.1 Å². The molecular formula is C23H23NO4. The van der Waals surface area contributed by atoms with Gasteiger partial charge in [0, 0.05) is 23.9 Å². The summed E-state index contributed by atoms with van der Waals surface area (Å²) < 4.78 is 22.5. The molecule has 1 N–H and O–H groups in total. The van der Waals surface area contributed by atoms with Crippen LogP contribution in [0.25, 0.3) is 0 Å². The van der Waals surface area contributed by atoms with Crippen LogP contribution in [-0.2, 0) is 13.2 Å². The maximum Gasteiger partial charge on any atom is 0.231 e. The Bertz CT molecular complexity index is 953. The molecule has 0 atom stereocenters. The quantitative estimate of drug-likeness (QED) is 0.633. The number of aryl methyl sites for hydroxylation is 1. The SMILES string of the molecule is COc1cccc(CNc2ccc3c(c2)OCO3)c1OCc1ccc(C)cc1.